The van der Waals surface area contributed by atoms with Crippen molar-refractivity contribution in [3.63, 3.8) is 0 Å². The molecule has 0 spiro atoms. The number of rotatable bonds is 9. The van der Waals surface area contributed by atoms with Crippen molar-refractivity contribution in [2.45, 2.75) is 35.8 Å². The van der Waals surface area contributed by atoms with Gasteiger partial charge < -0.3 is 15.2 Å². The van der Waals surface area contributed by atoms with Gasteiger partial charge in [0.2, 0.25) is 0 Å². The molecule has 1 aliphatic rings. The third kappa shape index (κ3) is 5.83. The monoisotopic (exact) mass is 530 g/mol. The van der Waals surface area contributed by atoms with Crippen LogP contribution in [0.25, 0.3) is 0 Å². The van der Waals surface area contributed by atoms with Crippen LogP contribution in [-0.4, -0.2) is 43.7 Å². The minimum absolute atomic E-state index is 0.0632. The first-order valence-corrected chi connectivity index (χ1v) is 13.0. The zero-order chi connectivity index (χ0) is 26.7. The summed E-state index contributed by atoms with van der Waals surface area (Å²) < 4.78 is 61.0. The van der Waals surface area contributed by atoms with Crippen molar-refractivity contribution >= 4 is 21.7 Å². The number of nitrogens with zero attached hydrogens (tertiary/aromatic N) is 1. The maximum Gasteiger partial charge on any atom is 0.333 e. The van der Waals surface area contributed by atoms with Crippen LogP contribution in [0.2, 0.25) is 0 Å². The Morgan fingerprint density at radius 2 is 1.81 bits per heavy atom. The fourth-order valence-electron chi connectivity index (χ4n) is 3.98. The number of hydrogen-bond acceptors (Lipinski definition) is 7. The molecule has 1 fully saturated rings. The summed E-state index contributed by atoms with van der Waals surface area (Å²) >= 11 is 0. The molecule has 1 unspecified atom stereocenters. The number of halogens is 2. The lowest BCUT2D eigenvalue weighted by Crippen LogP contribution is -2.29. The standard InChI is InChI=1S/C26H24F2N2O6S/c1-15-10-23(26(33)30-14-36-24(32)13-31)29-12-21(15)25(37(34,35)19-7-5-18(27)6-8-19)20-11-17(16-2-3-16)4-9-22(20)28/h4-12,16,25,31H,2-3,13-14H2,1H3,(H,30,33). The lowest BCUT2D eigenvalue weighted by Gasteiger charge is -2.22. The van der Waals surface area contributed by atoms with Crippen molar-refractivity contribution in [3.8, 4) is 0 Å². The molecule has 194 valence electrons. The van der Waals surface area contributed by atoms with Crippen LogP contribution < -0.4 is 5.32 Å². The Kier molecular flexibility index (Phi) is 7.65. The summed E-state index contributed by atoms with van der Waals surface area (Å²) in [6.45, 7) is 0.223. The first kappa shape index (κ1) is 26.4. The molecular formula is C26H24F2N2O6S. The summed E-state index contributed by atoms with van der Waals surface area (Å²) in [6.07, 6.45) is 3.05. The van der Waals surface area contributed by atoms with Crippen molar-refractivity contribution in [1.82, 2.24) is 10.3 Å². The molecule has 1 saturated carbocycles. The summed E-state index contributed by atoms with van der Waals surface area (Å²) in [6, 6.07) is 10.1. The quantitative estimate of drug-likeness (QED) is 0.247. The van der Waals surface area contributed by atoms with E-state index in [4.69, 9.17) is 5.11 Å². The minimum Gasteiger partial charge on any atom is -0.443 e. The van der Waals surface area contributed by atoms with E-state index in [0.717, 1.165) is 42.7 Å². The van der Waals surface area contributed by atoms with Gasteiger partial charge >= 0.3 is 5.97 Å². The second-order valence-corrected chi connectivity index (χ2v) is 10.7. The summed E-state index contributed by atoms with van der Waals surface area (Å²) in [5.41, 5.74) is 1.17. The zero-order valence-corrected chi connectivity index (χ0v) is 20.6. The molecule has 1 aromatic heterocycles. The number of aliphatic hydroxyl groups is 1. The van der Waals surface area contributed by atoms with E-state index in [9.17, 15) is 22.4 Å². The molecule has 11 heteroatoms. The number of aliphatic hydroxyl groups excluding tert-OH is 1. The highest BCUT2D eigenvalue weighted by molar-refractivity contribution is 7.92. The highest BCUT2D eigenvalue weighted by Crippen LogP contribution is 2.43. The number of amides is 1. The van der Waals surface area contributed by atoms with E-state index < -0.39 is 51.9 Å². The zero-order valence-electron chi connectivity index (χ0n) is 19.8. The lowest BCUT2D eigenvalue weighted by molar-refractivity contribution is -0.147. The second-order valence-electron chi connectivity index (χ2n) is 8.69. The van der Waals surface area contributed by atoms with Crippen LogP contribution in [0.1, 0.15) is 56.8 Å². The summed E-state index contributed by atoms with van der Waals surface area (Å²) in [7, 11) is -4.28. The Morgan fingerprint density at radius 1 is 1.11 bits per heavy atom. The van der Waals surface area contributed by atoms with Gasteiger partial charge in [-0.3, -0.25) is 9.78 Å². The Bertz CT molecular complexity index is 1440. The number of sulfone groups is 1. The molecule has 3 aromatic rings. The minimum atomic E-state index is -4.28. The van der Waals surface area contributed by atoms with Crippen LogP contribution >= 0.6 is 0 Å². The maximum absolute atomic E-state index is 15.2. The smallest absolute Gasteiger partial charge is 0.333 e. The van der Waals surface area contributed by atoms with Gasteiger partial charge in [-0.05, 0) is 78.8 Å². The van der Waals surface area contributed by atoms with Crippen LogP contribution in [0.5, 0.6) is 0 Å². The van der Waals surface area contributed by atoms with Gasteiger partial charge in [-0.15, -0.1) is 0 Å². The average molecular weight is 531 g/mol. The third-order valence-electron chi connectivity index (χ3n) is 6.07. The highest BCUT2D eigenvalue weighted by atomic mass is 32.2. The first-order chi connectivity index (χ1) is 17.6. The number of benzene rings is 2. The number of pyridine rings is 1. The fourth-order valence-corrected chi connectivity index (χ4v) is 5.86. The van der Waals surface area contributed by atoms with Crippen LogP contribution in [0.3, 0.4) is 0 Å². The summed E-state index contributed by atoms with van der Waals surface area (Å²) in [4.78, 5) is 27.3. The van der Waals surface area contributed by atoms with Crippen molar-refractivity contribution in [2.24, 2.45) is 0 Å². The van der Waals surface area contributed by atoms with Gasteiger partial charge in [0.1, 0.15) is 29.2 Å². The maximum atomic E-state index is 15.2. The van der Waals surface area contributed by atoms with Crippen LogP contribution in [0, 0.1) is 18.6 Å². The Morgan fingerprint density at radius 3 is 2.43 bits per heavy atom. The topological polar surface area (TPSA) is 123 Å². The number of esters is 1. The van der Waals surface area contributed by atoms with Crippen LogP contribution in [0.15, 0.2) is 59.6 Å². The van der Waals surface area contributed by atoms with Gasteiger partial charge in [0.25, 0.3) is 5.91 Å². The van der Waals surface area contributed by atoms with Gasteiger partial charge in [0.05, 0.1) is 4.90 Å². The number of aryl methyl sites for hydroxylation is 1. The van der Waals surface area contributed by atoms with E-state index in [0.29, 0.717) is 5.56 Å². The van der Waals surface area contributed by atoms with Crippen molar-refractivity contribution in [3.05, 3.63) is 94.3 Å². The molecule has 4 rings (SSSR count). The Labute approximate surface area is 212 Å². The third-order valence-corrected chi connectivity index (χ3v) is 8.12. The molecule has 1 heterocycles. The van der Waals surface area contributed by atoms with Crippen molar-refractivity contribution in [2.75, 3.05) is 13.3 Å². The van der Waals surface area contributed by atoms with Gasteiger partial charge in [0.15, 0.2) is 16.6 Å². The van der Waals surface area contributed by atoms with E-state index >= 15 is 4.39 Å². The second kappa shape index (κ2) is 10.7. The Balaban J connectivity index is 1.76. The van der Waals surface area contributed by atoms with E-state index in [1.165, 1.54) is 18.3 Å². The van der Waals surface area contributed by atoms with Crippen molar-refractivity contribution < 1.29 is 36.6 Å². The molecule has 2 aromatic carbocycles. The molecule has 0 saturated heterocycles. The van der Waals surface area contributed by atoms with E-state index in [1.54, 1.807) is 19.1 Å². The van der Waals surface area contributed by atoms with Crippen LogP contribution in [0.4, 0.5) is 8.78 Å². The molecule has 1 atom stereocenters. The molecule has 37 heavy (non-hydrogen) atoms. The van der Waals surface area contributed by atoms with E-state index in [1.807, 2.05) is 0 Å². The predicted molar refractivity (Wildman–Crippen MR) is 128 cm³/mol. The molecule has 0 bridgehead atoms. The van der Waals surface area contributed by atoms with Gasteiger partial charge in [-0.25, -0.2) is 22.0 Å². The molecular weight excluding hydrogens is 506 g/mol. The molecule has 8 nitrogen and oxygen atoms in total. The van der Waals surface area contributed by atoms with Gasteiger partial charge in [-0.2, -0.15) is 0 Å². The molecule has 0 aliphatic heterocycles. The van der Waals surface area contributed by atoms with Gasteiger partial charge in [0, 0.05) is 11.8 Å². The summed E-state index contributed by atoms with van der Waals surface area (Å²) in [5.74, 6) is -2.73. The molecule has 0 radical (unpaired) electrons. The summed E-state index contributed by atoms with van der Waals surface area (Å²) in [5, 5.41) is 9.46. The normalized spacial score (nSPS) is 14.2. The average Bonchev–Trinajstić information content (AvgIpc) is 3.72. The van der Waals surface area contributed by atoms with Crippen molar-refractivity contribution in [1.29, 1.82) is 0 Å². The largest absolute Gasteiger partial charge is 0.443 e. The highest BCUT2D eigenvalue weighted by Gasteiger charge is 2.36. The number of hydrogen-bond donors (Lipinski definition) is 2. The molecule has 1 amide bonds. The van der Waals surface area contributed by atoms with E-state index in [-0.39, 0.29) is 27.6 Å². The SMILES string of the molecule is Cc1cc(C(=O)NCOC(=O)CO)ncc1C(c1cc(C2CC2)ccc1F)S(=O)(=O)c1ccc(F)cc1. The fraction of sp³-hybridized carbons (Fsp3) is 0.269. The van der Waals surface area contributed by atoms with Crippen LogP contribution in [-0.2, 0) is 19.4 Å². The number of carbonyl (C=O) groups is 2. The molecule has 2 N–H and O–H groups in total. The number of carbonyl (C=O) groups excluding carboxylic acids is 2. The predicted octanol–water partition coefficient (Wildman–Crippen LogP) is 3.33. The van der Waals surface area contributed by atoms with Gasteiger partial charge in [-0.1, -0.05) is 12.1 Å². The first-order valence-electron chi connectivity index (χ1n) is 11.4. The number of aromatic nitrogens is 1. The number of nitrogens with one attached hydrogen (secondary N) is 1. The Hall–Kier alpha value is -3.70. The van der Waals surface area contributed by atoms with E-state index in [2.05, 4.69) is 15.0 Å². The lowest BCUT2D eigenvalue weighted by atomic mass is 9.98. The molecule has 1 aliphatic carbocycles. The number of ether oxygens (including phenoxy) is 1.